The summed E-state index contributed by atoms with van der Waals surface area (Å²) in [5, 5.41) is 10.2. The van der Waals surface area contributed by atoms with Crippen LogP contribution >= 0.6 is 11.6 Å². The molecule has 0 spiro atoms. The van der Waals surface area contributed by atoms with E-state index in [0.717, 1.165) is 16.6 Å². The number of primary amides is 1. The number of nitrogens with zero attached hydrogens (tertiary/aromatic N) is 2. The summed E-state index contributed by atoms with van der Waals surface area (Å²) in [6.45, 7) is 0. The van der Waals surface area contributed by atoms with Gasteiger partial charge in [-0.1, -0.05) is 29.8 Å². The predicted molar refractivity (Wildman–Crippen MR) is 109 cm³/mol. The van der Waals surface area contributed by atoms with Gasteiger partial charge in [-0.05, 0) is 29.8 Å². The summed E-state index contributed by atoms with van der Waals surface area (Å²) in [4.78, 5) is 31.8. The molecule has 0 aliphatic rings. The van der Waals surface area contributed by atoms with Crippen LogP contribution in [0.2, 0.25) is 5.02 Å². The average Bonchev–Trinajstić information content (AvgIpc) is 3.35. The number of aromatic amines is 2. The van der Waals surface area contributed by atoms with Crippen LogP contribution in [0.15, 0.2) is 55.0 Å². The Morgan fingerprint density at radius 1 is 1.21 bits per heavy atom. The third-order valence-electron chi connectivity index (χ3n) is 4.55. The number of hydrogen-bond acceptors (Lipinski definition) is 4. The maximum Gasteiger partial charge on any atom is 0.255 e. The number of fused-ring (bicyclic) bond motifs is 1. The van der Waals surface area contributed by atoms with Crippen molar-refractivity contribution in [2.24, 2.45) is 5.73 Å². The van der Waals surface area contributed by atoms with Crippen molar-refractivity contribution in [1.29, 1.82) is 0 Å². The molecule has 4 rings (SSSR count). The second-order valence-corrected chi connectivity index (χ2v) is 6.98. The van der Waals surface area contributed by atoms with Crippen LogP contribution in [0.25, 0.3) is 22.3 Å². The van der Waals surface area contributed by atoms with E-state index in [0.29, 0.717) is 21.8 Å². The first kappa shape index (κ1) is 18.7. The Labute approximate surface area is 170 Å². The fraction of sp³-hybridized carbons (Fsp3) is 0.100. The second-order valence-electron chi connectivity index (χ2n) is 6.54. The van der Waals surface area contributed by atoms with Gasteiger partial charge >= 0.3 is 0 Å². The van der Waals surface area contributed by atoms with E-state index in [4.69, 9.17) is 17.3 Å². The summed E-state index contributed by atoms with van der Waals surface area (Å²) < 4.78 is 0. The third-order valence-corrected chi connectivity index (χ3v) is 4.79. The minimum absolute atomic E-state index is 0.0562. The van der Waals surface area contributed by atoms with Crippen molar-refractivity contribution in [2.75, 3.05) is 0 Å². The van der Waals surface area contributed by atoms with Gasteiger partial charge < -0.3 is 16.0 Å². The van der Waals surface area contributed by atoms with E-state index in [1.165, 1.54) is 6.20 Å². The summed E-state index contributed by atoms with van der Waals surface area (Å²) in [7, 11) is 0. The zero-order valence-electron chi connectivity index (χ0n) is 15.1. The van der Waals surface area contributed by atoms with Crippen LogP contribution in [0.4, 0.5) is 0 Å². The molecule has 8 nitrogen and oxygen atoms in total. The lowest BCUT2D eigenvalue weighted by molar-refractivity contribution is -0.118. The average molecular weight is 409 g/mol. The Hall–Kier alpha value is -3.65. The van der Waals surface area contributed by atoms with Gasteiger partial charge in [0.15, 0.2) is 0 Å². The highest BCUT2D eigenvalue weighted by Crippen LogP contribution is 2.26. The minimum Gasteiger partial charge on any atom is -0.370 e. The fourth-order valence-electron chi connectivity index (χ4n) is 3.18. The molecule has 146 valence electrons. The van der Waals surface area contributed by atoms with Gasteiger partial charge in [0.2, 0.25) is 5.91 Å². The summed E-state index contributed by atoms with van der Waals surface area (Å²) in [6.07, 6.45) is 2.99. The van der Waals surface area contributed by atoms with Crippen molar-refractivity contribution < 1.29 is 9.59 Å². The SMILES string of the molecule is NC(=O)C[C@H](NC(=O)c1cn[nH]c1-c1ccc2nc[nH]c2c1)c1cccc(Cl)c1. The van der Waals surface area contributed by atoms with E-state index < -0.39 is 11.9 Å². The van der Waals surface area contributed by atoms with Gasteiger partial charge in [0.1, 0.15) is 0 Å². The summed E-state index contributed by atoms with van der Waals surface area (Å²) >= 11 is 6.05. The second kappa shape index (κ2) is 7.76. The number of H-pyrrole nitrogens is 2. The topological polar surface area (TPSA) is 130 Å². The van der Waals surface area contributed by atoms with Crippen molar-refractivity contribution in [1.82, 2.24) is 25.5 Å². The standard InChI is InChI=1S/C20H17ClN6O2/c21-13-3-1-2-11(6-13)16(8-18(22)28)26-20(29)14-9-25-27-19(14)12-4-5-15-17(7-12)24-10-23-15/h1-7,9-10,16H,8H2,(H2,22,28)(H,23,24)(H,25,27)(H,26,29)/t16-/m0/s1. The monoisotopic (exact) mass is 408 g/mol. The van der Waals surface area contributed by atoms with Crippen molar-refractivity contribution in [3.05, 3.63) is 71.1 Å². The molecule has 9 heteroatoms. The Bertz CT molecular complexity index is 1200. The van der Waals surface area contributed by atoms with Crippen molar-refractivity contribution in [3.8, 4) is 11.3 Å². The number of halogens is 1. The number of carbonyl (C=O) groups is 2. The number of nitrogens with one attached hydrogen (secondary N) is 3. The van der Waals surface area contributed by atoms with Crippen LogP contribution in [0.5, 0.6) is 0 Å². The predicted octanol–water partition coefficient (Wildman–Crippen LogP) is 2.95. The first-order chi connectivity index (χ1) is 14.0. The molecule has 29 heavy (non-hydrogen) atoms. The Morgan fingerprint density at radius 3 is 2.86 bits per heavy atom. The smallest absolute Gasteiger partial charge is 0.255 e. The molecule has 0 fully saturated rings. The molecule has 0 saturated carbocycles. The molecule has 0 radical (unpaired) electrons. The molecule has 2 amide bonds. The molecule has 0 saturated heterocycles. The van der Waals surface area contributed by atoms with Crippen LogP contribution in [-0.4, -0.2) is 32.0 Å². The number of rotatable bonds is 6. The lowest BCUT2D eigenvalue weighted by Crippen LogP contribution is -2.32. The molecule has 2 aromatic heterocycles. The van der Waals surface area contributed by atoms with Gasteiger partial charge in [-0.25, -0.2) is 4.98 Å². The van der Waals surface area contributed by atoms with Crippen molar-refractivity contribution in [3.63, 3.8) is 0 Å². The van der Waals surface area contributed by atoms with Crippen LogP contribution in [0.3, 0.4) is 0 Å². The van der Waals surface area contributed by atoms with E-state index in [2.05, 4.69) is 25.5 Å². The number of hydrogen-bond donors (Lipinski definition) is 4. The zero-order valence-corrected chi connectivity index (χ0v) is 15.9. The number of carbonyl (C=O) groups excluding carboxylic acids is 2. The van der Waals surface area contributed by atoms with E-state index in [9.17, 15) is 9.59 Å². The van der Waals surface area contributed by atoms with Crippen LogP contribution in [0, 0.1) is 0 Å². The lowest BCUT2D eigenvalue weighted by atomic mass is 10.0. The summed E-state index contributed by atoms with van der Waals surface area (Å²) in [6, 6.07) is 11.9. The number of aromatic nitrogens is 4. The first-order valence-corrected chi connectivity index (χ1v) is 9.20. The van der Waals surface area contributed by atoms with Crippen molar-refractivity contribution in [2.45, 2.75) is 12.5 Å². The van der Waals surface area contributed by atoms with Crippen LogP contribution < -0.4 is 11.1 Å². The highest BCUT2D eigenvalue weighted by atomic mass is 35.5. The fourth-order valence-corrected chi connectivity index (χ4v) is 3.38. The molecule has 0 aliphatic heterocycles. The van der Waals surface area contributed by atoms with E-state index in [1.807, 2.05) is 18.2 Å². The Balaban J connectivity index is 1.63. The molecule has 0 bridgehead atoms. The van der Waals surface area contributed by atoms with Gasteiger partial charge in [0.05, 0.1) is 47.3 Å². The highest BCUT2D eigenvalue weighted by Gasteiger charge is 2.22. The molecule has 2 heterocycles. The van der Waals surface area contributed by atoms with Crippen molar-refractivity contribution >= 4 is 34.4 Å². The summed E-state index contributed by atoms with van der Waals surface area (Å²) in [5.74, 6) is -0.919. The van der Waals surface area contributed by atoms with E-state index in [-0.39, 0.29) is 12.3 Å². The van der Waals surface area contributed by atoms with Gasteiger partial charge in [-0.15, -0.1) is 0 Å². The number of benzene rings is 2. The maximum absolute atomic E-state index is 13.0. The van der Waals surface area contributed by atoms with Gasteiger partial charge in [-0.2, -0.15) is 5.10 Å². The maximum atomic E-state index is 13.0. The third kappa shape index (κ3) is 3.97. The molecule has 4 aromatic rings. The first-order valence-electron chi connectivity index (χ1n) is 8.83. The normalized spacial score (nSPS) is 12.0. The molecular formula is C20H17ClN6O2. The molecule has 0 aliphatic carbocycles. The lowest BCUT2D eigenvalue weighted by Gasteiger charge is -2.18. The zero-order chi connectivity index (χ0) is 20.4. The molecule has 0 unspecified atom stereocenters. The van der Waals surface area contributed by atoms with Gasteiger partial charge in [0, 0.05) is 10.6 Å². The highest BCUT2D eigenvalue weighted by molar-refractivity contribution is 6.30. The number of amides is 2. The Morgan fingerprint density at radius 2 is 2.07 bits per heavy atom. The number of nitrogens with two attached hydrogens (primary N) is 1. The summed E-state index contributed by atoms with van der Waals surface area (Å²) in [5.41, 5.74) is 9.41. The van der Waals surface area contributed by atoms with E-state index in [1.54, 1.807) is 30.6 Å². The molecule has 1 atom stereocenters. The molecule has 5 N–H and O–H groups in total. The molecule has 2 aromatic carbocycles. The largest absolute Gasteiger partial charge is 0.370 e. The van der Waals surface area contributed by atoms with E-state index >= 15 is 0 Å². The molecular weight excluding hydrogens is 392 g/mol. The number of imidazole rings is 1. The quantitative estimate of drug-likeness (QED) is 0.390. The van der Waals surface area contributed by atoms with Gasteiger partial charge in [0.25, 0.3) is 5.91 Å². The van der Waals surface area contributed by atoms with Crippen LogP contribution in [0.1, 0.15) is 28.4 Å². The van der Waals surface area contributed by atoms with Gasteiger partial charge in [-0.3, -0.25) is 14.7 Å². The van der Waals surface area contributed by atoms with Crippen LogP contribution in [-0.2, 0) is 4.79 Å². The minimum atomic E-state index is -0.614. The Kier molecular flexibility index (Phi) is 5.01.